The lowest BCUT2D eigenvalue weighted by atomic mass is 9.72. The van der Waals surface area contributed by atoms with Gasteiger partial charge in [-0.2, -0.15) is 0 Å². The van der Waals surface area contributed by atoms with Crippen LogP contribution in [0.2, 0.25) is 0 Å². The number of rotatable bonds is 6. The molecule has 1 aliphatic heterocycles. The number of piperidine rings is 1. The first-order valence-electron chi connectivity index (χ1n) is 8.03. The summed E-state index contributed by atoms with van der Waals surface area (Å²) in [5.41, 5.74) is 0.0617. The summed E-state index contributed by atoms with van der Waals surface area (Å²) in [5.74, 6) is -0.408. The van der Waals surface area contributed by atoms with Gasteiger partial charge in [0, 0.05) is 26.1 Å². The zero-order chi connectivity index (χ0) is 17.6. The topological polar surface area (TPSA) is 49.4 Å². The van der Waals surface area contributed by atoms with E-state index in [-0.39, 0.29) is 24.8 Å². The molecule has 1 aromatic carbocycles. The highest BCUT2D eigenvalue weighted by atomic mass is 19.3. The molecule has 1 saturated heterocycles. The van der Waals surface area contributed by atoms with Crippen LogP contribution >= 0.6 is 0 Å². The lowest BCUT2D eigenvalue weighted by molar-refractivity contribution is -0.134. The fourth-order valence-electron chi connectivity index (χ4n) is 3.11. The molecule has 0 aliphatic carbocycles. The number of benzene rings is 1. The van der Waals surface area contributed by atoms with Crippen molar-refractivity contribution < 1.29 is 18.4 Å². The van der Waals surface area contributed by atoms with Gasteiger partial charge in [-0.25, -0.2) is 8.78 Å². The Morgan fingerprint density at radius 2 is 1.88 bits per heavy atom. The summed E-state index contributed by atoms with van der Waals surface area (Å²) in [6, 6.07) is 9.31. The van der Waals surface area contributed by atoms with Crippen LogP contribution < -0.4 is 5.32 Å². The summed E-state index contributed by atoms with van der Waals surface area (Å²) in [4.78, 5) is 26.2. The second-order valence-corrected chi connectivity index (χ2v) is 5.91. The molecule has 2 rings (SSSR count). The summed E-state index contributed by atoms with van der Waals surface area (Å²) in [6.07, 6.45) is -0.630. The van der Waals surface area contributed by atoms with Gasteiger partial charge in [-0.1, -0.05) is 36.9 Å². The first kappa shape index (κ1) is 18.1. The van der Waals surface area contributed by atoms with Gasteiger partial charge in [0.25, 0.3) is 0 Å². The highest BCUT2D eigenvalue weighted by molar-refractivity contribution is 5.90. The number of hydrogen-bond donors (Lipinski definition) is 1. The molecule has 4 nitrogen and oxygen atoms in total. The molecule has 2 amide bonds. The molecule has 0 spiro atoms. The van der Waals surface area contributed by atoms with Crippen molar-refractivity contribution in [3.8, 4) is 0 Å². The third-order valence-corrected chi connectivity index (χ3v) is 4.51. The summed E-state index contributed by atoms with van der Waals surface area (Å²) < 4.78 is 24.6. The number of carbonyl (C=O) groups is 2. The zero-order valence-electron chi connectivity index (χ0n) is 13.5. The third-order valence-electron chi connectivity index (χ3n) is 4.51. The van der Waals surface area contributed by atoms with Crippen molar-refractivity contribution in [2.45, 2.75) is 31.1 Å². The van der Waals surface area contributed by atoms with E-state index >= 15 is 0 Å². The van der Waals surface area contributed by atoms with Crippen molar-refractivity contribution in [3.63, 3.8) is 0 Å². The highest BCUT2D eigenvalue weighted by Gasteiger charge is 2.43. The van der Waals surface area contributed by atoms with Gasteiger partial charge in [0.1, 0.15) is 0 Å². The molecule has 0 unspecified atom stereocenters. The number of likely N-dealkylation sites (tertiary alicyclic amines) is 1. The van der Waals surface area contributed by atoms with Crippen LogP contribution in [0.3, 0.4) is 0 Å². The van der Waals surface area contributed by atoms with E-state index in [1.54, 1.807) is 4.90 Å². The maximum atomic E-state index is 12.8. The molecule has 1 aliphatic rings. The Bertz CT molecular complexity index is 582. The molecule has 0 saturated carbocycles. The van der Waals surface area contributed by atoms with Gasteiger partial charge in [0.05, 0.1) is 5.41 Å². The van der Waals surface area contributed by atoms with Gasteiger partial charge in [-0.05, 0) is 24.5 Å². The van der Waals surface area contributed by atoms with Crippen molar-refractivity contribution in [3.05, 3.63) is 48.6 Å². The second kappa shape index (κ2) is 8.04. The lowest BCUT2D eigenvalue weighted by Gasteiger charge is -2.40. The molecule has 0 bridgehead atoms. The monoisotopic (exact) mass is 336 g/mol. The normalized spacial score (nSPS) is 16.7. The number of hydrogen-bond acceptors (Lipinski definition) is 2. The first-order chi connectivity index (χ1) is 11.5. The van der Waals surface area contributed by atoms with Crippen LogP contribution in [-0.4, -0.2) is 42.8 Å². The van der Waals surface area contributed by atoms with Crippen LogP contribution in [0.5, 0.6) is 0 Å². The van der Waals surface area contributed by atoms with Gasteiger partial charge in [0.2, 0.25) is 18.2 Å². The molecule has 130 valence electrons. The Morgan fingerprint density at radius 1 is 1.25 bits per heavy atom. The Labute approximate surface area is 140 Å². The average Bonchev–Trinajstić information content (AvgIpc) is 2.61. The molecular formula is C18H22F2N2O2. The Balaban J connectivity index is 2.17. The number of nitrogens with one attached hydrogen (secondary N) is 1. The van der Waals surface area contributed by atoms with E-state index in [9.17, 15) is 18.4 Å². The number of nitrogens with zero attached hydrogens (tertiary/aromatic N) is 1. The number of halogens is 2. The van der Waals surface area contributed by atoms with Gasteiger partial charge in [-0.15, -0.1) is 0 Å². The number of alkyl halides is 2. The summed E-state index contributed by atoms with van der Waals surface area (Å²) in [6.45, 7) is 4.29. The van der Waals surface area contributed by atoms with Crippen LogP contribution in [0.4, 0.5) is 8.78 Å². The largest absolute Gasteiger partial charge is 0.355 e. The molecule has 0 atom stereocenters. The van der Waals surface area contributed by atoms with E-state index in [1.165, 1.54) is 6.08 Å². The zero-order valence-corrected chi connectivity index (χ0v) is 13.5. The molecule has 0 aromatic heterocycles. The highest BCUT2D eigenvalue weighted by Crippen LogP contribution is 2.36. The van der Waals surface area contributed by atoms with Crippen LogP contribution in [0.1, 0.15) is 24.8 Å². The molecule has 1 N–H and O–H groups in total. The molecule has 1 aromatic rings. The van der Waals surface area contributed by atoms with E-state index in [1.807, 2.05) is 30.3 Å². The fraction of sp³-hybridized carbons (Fsp3) is 0.444. The van der Waals surface area contributed by atoms with Crippen LogP contribution in [-0.2, 0) is 15.0 Å². The van der Waals surface area contributed by atoms with Crippen molar-refractivity contribution in [2.75, 3.05) is 19.6 Å². The minimum Gasteiger partial charge on any atom is -0.355 e. The standard InChI is InChI=1S/C18H22F2N2O2/c1-2-16(23)22-12-9-18(10-13-22,14-6-4-3-5-7-14)17(24)21-11-8-15(19)20/h2-7,15H,1,8-13H2,(H,21,24). The Hall–Kier alpha value is -2.24. The van der Waals surface area contributed by atoms with E-state index < -0.39 is 11.8 Å². The quantitative estimate of drug-likeness (QED) is 0.812. The van der Waals surface area contributed by atoms with Gasteiger partial charge >= 0.3 is 0 Å². The molecule has 1 heterocycles. The first-order valence-corrected chi connectivity index (χ1v) is 8.03. The maximum Gasteiger partial charge on any atom is 0.245 e. The number of carbonyl (C=O) groups excluding carboxylic acids is 2. The minimum atomic E-state index is -2.44. The summed E-state index contributed by atoms with van der Waals surface area (Å²) in [7, 11) is 0. The maximum absolute atomic E-state index is 12.8. The molecule has 1 fully saturated rings. The van der Waals surface area contributed by atoms with E-state index in [0.29, 0.717) is 25.9 Å². The van der Waals surface area contributed by atoms with Crippen LogP contribution in [0.25, 0.3) is 0 Å². The SMILES string of the molecule is C=CC(=O)N1CCC(C(=O)NCCC(F)F)(c2ccccc2)CC1. The smallest absolute Gasteiger partial charge is 0.245 e. The van der Waals surface area contributed by atoms with Crippen molar-refractivity contribution in [2.24, 2.45) is 0 Å². The average molecular weight is 336 g/mol. The molecule has 6 heteroatoms. The van der Waals surface area contributed by atoms with E-state index in [2.05, 4.69) is 11.9 Å². The predicted molar refractivity (Wildman–Crippen MR) is 87.8 cm³/mol. The van der Waals surface area contributed by atoms with E-state index in [0.717, 1.165) is 5.56 Å². The summed E-state index contributed by atoms with van der Waals surface area (Å²) in [5, 5.41) is 2.64. The van der Waals surface area contributed by atoms with Crippen LogP contribution in [0, 0.1) is 0 Å². The van der Waals surface area contributed by atoms with Gasteiger partial charge in [-0.3, -0.25) is 9.59 Å². The molecule has 0 radical (unpaired) electrons. The van der Waals surface area contributed by atoms with Crippen LogP contribution in [0.15, 0.2) is 43.0 Å². The Morgan fingerprint density at radius 3 is 2.42 bits per heavy atom. The minimum absolute atomic E-state index is 0.0552. The molecular weight excluding hydrogens is 314 g/mol. The Kier molecular flexibility index (Phi) is 6.06. The predicted octanol–water partition coefficient (Wildman–Crippen LogP) is 2.50. The lowest BCUT2D eigenvalue weighted by Crippen LogP contribution is -2.52. The van der Waals surface area contributed by atoms with Gasteiger partial charge in [0.15, 0.2) is 0 Å². The van der Waals surface area contributed by atoms with Crippen molar-refractivity contribution >= 4 is 11.8 Å². The fourth-order valence-corrected chi connectivity index (χ4v) is 3.11. The molecule has 24 heavy (non-hydrogen) atoms. The summed E-state index contributed by atoms with van der Waals surface area (Å²) >= 11 is 0. The second-order valence-electron chi connectivity index (χ2n) is 5.91. The van der Waals surface area contributed by atoms with Gasteiger partial charge < -0.3 is 10.2 Å². The van der Waals surface area contributed by atoms with E-state index in [4.69, 9.17) is 0 Å². The third kappa shape index (κ3) is 3.99. The van der Waals surface area contributed by atoms with Crippen molar-refractivity contribution in [1.29, 1.82) is 0 Å². The van der Waals surface area contributed by atoms with Crippen molar-refractivity contribution in [1.82, 2.24) is 10.2 Å². The number of amides is 2.